The van der Waals surface area contributed by atoms with Gasteiger partial charge in [0.15, 0.2) is 0 Å². The molecule has 3 aliphatic rings. The van der Waals surface area contributed by atoms with E-state index in [0.717, 1.165) is 47.4 Å². The SMILES string of the molecule is CN(C)c1ccc(C2CC(C3C(=O)NC4CCC(Cl)CC4C3c3ccccc3)=NN2C(=O)Cc2ccccc2)cc1. The molecule has 0 bridgehead atoms. The minimum Gasteiger partial charge on any atom is -0.378 e. The van der Waals surface area contributed by atoms with Crippen molar-refractivity contribution in [2.75, 3.05) is 19.0 Å². The average Bonchev–Trinajstić information content (AvgIpc) is 3.43. The van der Waals surface area contributed by atoms with Crippen LogP contribution in [0.1, 0.15) is 54.3 Å². The van der Waals surface area contributed by atoms with Crippen LogP contribution >= 0.6 is 11.6 Å². The van der Waals surface area contributed by atoms with Crippen molar-refractivity contribution in [3.05, 3.63) is 102 Å². The maximum Gasteiger partial charge on any atom is 0.247 e. The van der Waals surface area contributed by atoms with E-state index in [-0.39, 0.29) is 47.5 Å². The first-order valence-corrected chi connectivity index (χ1v) is 15.0. The molecule has 1 N–H and O–H groups in total. The van der Waals surface area contributed by atoms with Crippen molar-refractivity contribution in [3.8, 4) is 0 Å². The van der Waals surface area contributed by atoms with Gasteiger partial charge in [0.25, 0.3) is 0 Å². The Morgan fingerprint density at radius 2 is 1.63 bits per heavy atom. The van der Waals surface area contributed by atoms with Gasteiger partial charge in [-0.25, -0.2) is 5.01 Å². The summed E-state index contributed by atoms with van der Waals surface area (Å²) in [5.41, 5.74) is 4.95. The third-order valence-electron chi connectivity index (χ3n) is 8.99. The lowest BCUT2D eigenvalue weighted by Crippen LogP contribution is -2.57. The molecule has 7 heteroatoms. The number of hydrazone groups is 1. The molecule has 2 aliphatic heterocycles. The average molecular weight is 569 g/mol. The summed E-state index contributed by atoms with van der Waals surface area (Å²) in [6.45, 7) is 0. The Labute approximate surface area is 247 Å². The van der Waals surface area contributed by atoms with Gasteiger partial charge in [0.05, 0.1) is 24.1 Å². The highest BCUT2D eigenvalue weighted by Gasteiger charge is 2.50. The van der Waals surface area contributed by atoms with Crippen LogP contribution in [0.4, 0.5) is 5.69 Å². The van der Waals surface area contributed by atoms with Gasteiger partial charge in [-0.3, -0.25) is 9.59 Å². The lowest BCUT2D eigenvalue weighted by atomic mass is 9.64. The van der Waals surface area contributed by atoms with Crippen LogP contribution in [-0.2, 0) is 16.0 Å². The van der Waals surface area contributed by atoms with Crippen LogP contribution in [0.2, 0.25) is 0 Å². The quantitative estimate of drug-likeness (QED) is 0.375. The molecule has 6 nitrogen and oxygen atoms in total. The number of fused-ring (bicyclic) bond motifs is 1. The third-order valence-corrected chi connectivity index (χ3v) is 9.39. The van der Waals surface area contributed by atoms with E-state index in [1.165, 1.54) is 0 Å². The van der Waals surface area contributed by atoms with Gasteiger partial charge in [-0.15, -0.1) is 11.6 Å². The van der Waals surface area contributed by atoms with E-state index in [4.69, 9.17) is 16.7 Å². The molecular weight excluding hydrogens is 532 g/mol. The van der Waals surface area contributed by atoms with Crippen LogP contribution < -0.4 is 10.2 Å². The Kier molecular flexibility index (Phi) is 7.85. The number of hydrogen-bond acceptors (Lipinski definition) is 4. The topological polar surface area (TPSA) is 65.0 Å². The molecule has 212 valence electrons. The molecule has 0 aromatic heterocycles. The van der Waals surface area contributed by atoms with Gasteiger partial charge in [-0.2, -0.15) is 5.10 Å². The van der Waals surface area contributed by atoms with Crippen LogP contribution in [0.3, 0.4) is 0 Å². The number of rotatable bonds is 6. The van der Waals surface area contributed by atoms with Crippen LogP contribution in [-0.4, -0.2) is 48.0 Å². The molecule has 1 aliphatic carbocycles. The zero-order chi connectivity index (χ0) is 28.5. The molecule has 41 heavy (non-hydrogen) atoms. The van der Waals surface area contributed by atoms with E-state index < -0.39 is 5.92 Å². The van der Waals surface area contributed by atoms with E-state index in [1.54, 1.807) is 5.01 Å². The predicted molar refractivity (Wildman–Crippen MR) is 164 cm³/mol. The van der Waals surface area contributed by atoms with Crippen molar-refractivity contribution < 1.29 is 9.59 Å². The summed E-state index contributed by atoms with van der Waals surface area (Å²) in [4.78, 5) is 29.8. The second kappa shape index (κ2) is 11.7. The summed E-state index contributed by atoms with van der Waals surface area (Å²) in [6.07, 6.45) is 3.41. The van der Waals surface area contributed by atoms with Gasteiger partial charge < -0.3 is 10.2 Å². The van der Waals surface area contributed by atoms with Crippen LogP contribution in [0, 0.1) is 11.8 Å². The summed E-state index contributed by atoms with van der Waals surface area (Å²) >= 11 is 6.71. The number of carbonyl (C=O) groups is 2. The van der Waals surface area contributed by atoms with E-state index in [2.05, 4.69) is 46.6 Å². The van der Waals surface area contributed by atoms with E-state index >= 15 is 0 Å². The molecule has 1 saturated heterocycles. The second-order valence-corrected chi connectivity index (χ2v) is 12.4. The van der Waals surface area contributed by atoms with Crippen LogP contribution in [0.25, 0.3) is 0 Å². The molecule has 2 heterocycles. The van der Waals surface area contributed by atoms with E-state index in [9.17, 15) is 9.59 Å². The fraction of sp³-hybridized carbons (Fsp3) is 0.382. The van der Waals surface area contributed by atoms with Crippen molar-refractivity contribution >= 4 is 34.8 Å². The lowest BCUT2D eigenvalue weighted by Gasteiger charge is -2.46. The molecule has 0 radical (unpaired) electrons. The van der Waals surface area contributed by atoms with Gasteiger partial charge in [0.1, 0.15) is 0 Å². The molecule has 6 unspecified atom stereocenters. The maximum absolute atomic E-state index is 13.9. The molecule has 3 aromatic rings. The number of anilines is 1. The molecule has 0 spiro atoms. The Morgan fingerprint density at radius 3 is 2.32 bits per heavy atom. The molecular formula is C34H37ClN4O2. The summed E-state index contributed by atoms with van der Waals surface area (Å²) in [5, 5.41) is 10.1. The van der Waals surface area contributed by atoms with Crippen molar-refractivity contribution in [2.45, 2.75) is 55.5 Å². The minimum atomic E-state index is -0.460. The summed E-state index contributed by atoms with van der Waals surface area (Å²) in [6, 6.07) is 28.2. The zero-order valence-corrected chi connectivity index (χ0v) is 24.4. The normalized spacial score (nSPS) is 27.5. The number of halogens is 1. The molecule has 6 atom stereocenters. The highest BCUT2D eigenvalue weighted by atomic mass is 35.5. The first-order valence-electron chi connectivity index (χ1n) is 14.6. The van der Waals surface area contributed by atoms with Crippen molar-refractivity contribution in [1.29, 1.82) is 0 Å². The Hall–Kier alpha value is -3.64. The summed E-state index contributed by atoms with van der Waals surface area (Å²) in [7, 11) is 4.02. The third kappa shape index (κ3) is 5.62. The molecule has 3 aromatic carbocycles. The highest BCUT2D eigenvalue weighted by Crippen LogP contribution is 2.48. The molecule has 2 fully saturated rings. The number of nitrogens with one attached hydrogen (secondary N) is 1. The number of hydrogen-bond donors (Lipinski definition) is 1. The van der Waals surface area contributed by atoms with E-state index in [1.807, 2.05) is 62.6 Å². The molecule has 2 amide bonds. The van der Waals surface area contributed by atoms with Crippen LogP contribution in [0.5, 0.6) is 0 Å². The van der Waals surface area contributed by atoms with E-state index in [0.29, 0.717) is 6.42 Å². The molecule has 6 rings (SSSR count). The van der Waals surface area contributed by atoms with Gasteiger partial charge in [-0.05, 0) is 54.0 Å². The number of nitrogens with zero attached hydrogens (tertiary/aromatic N) is 3. The van der Waals surface area contributed by atoms with Gasteiger partial charge in [0.2, 0.25) is 11.8 Å². The number of piperidine rings is 1. The summed E-state index contributed by atoms with van der Waals surface area (Å²) < 4.78 is 0. The second-order valence-electron chi connectivity index (χ2n) is 11.8. The Bertz CT molecular complexity index is 1410. The monoisotopic (exact) mass is 568 g/mol. The van der Waals surface area contributed by atoms with Crippen molar-refractivity contribution in [1.82, 2.24) is 10.3 Å². The maximum atomic E-state index is 13.9. The van der Waals surface area contributed by atoms with Crippen LogP contribution in [0.15, 0.2) is 90.0 Å². The number of carbonyl (C=O) groups excluding carboxylic acids is 2. The number of alkyl halides is 1. The summed E-state index contributed by atoms with van der Waals surface area (Å²) in [5.74, 6) is -0.358. The fourth-order valence-corrected chi connectivity index (χ4v) is 7.27. The highest BCUT2D eigenvalue weighted by molar-refractivity contribution is 6.20. The lowest BCUT2D eigenvalue weighted by molar-refractivity contribution is -0.132. The largest absolute Gasteiger partial charge is 0.378 e. The van der Waals surface area contributed by atoms with Gasteiger partial charge in [0, 0.05) is 43.5 Å². The smallest absolute Gasteiger partial charge is 0.247 e. The number of benzene rings is 3. The Balaban J connectivity index is 1.38. The van der Waals surface area contributed by atoms with Gasteiger partial charge >= 0.3 is 0 Å². The predicted octanol–water partition coefficient (Wildman–Crippen LogP) is 5.93. The first-order chi connectivity index (χ1) is 19.9. The number of amides is 2. The standard InChI is InChI=1S/C34H37ClN4O2/c1-38(2)26-16-13-23(14-17-26)30-21-29(37-39(30)31(40)19-22-9-5-3-6-10-22)33-32(24-11-7-4-8-12-24)27-20-25(35)15-18-28(27)36-34(33)41/h3-14,16-17,25,27-28,30,32-33H,15,18-21H2,1-2H3,(H,36,41). The molecule has 1 saturated carbocycles. The van der Waals surface area contributed by atoms with Gasteiger partial charge in [-0.1, -0.05) is 72.8 Å². The Morgan fingerprint density at radius 1 is 0.951 bits per heavy atom. The minimum absolute atomic E-state index is 0.00550. The zero-order valence-electron chi connectivity index (χ0n) is 23.6. The van der Waals surface area contributed by atoms with Crippen molar-refractivity contribution in [3.63, 3.8) is 0 Å². The first kappa shape index (κ1) is 27.5. The van der Waals surface area contributed by atoms with Crippen molar-refractivity contribution in [2.24, 2.45) is 16.9 Å². The fourth-order valence-electron chi connectivity index (χ4n) is 6.94.